The molecule has 0 spiro atoms. The Morgan fingerprint density at radius 1 is 1.18 bits per heavy atom. The molecule has 1 atom stereocenters. The Morgan fingerprint density at radius 3 is 2.45 bits per heavy atom. The second kappa shape index (κ2) is 7.98. The molecular weight excluding hydrogens is 440 g/mol. The number of nitrogens with two attached hydrogens (primary N) is 1. The first-order valence-corrected chi connectivity index (χ1v) is 11.7. The molecule has 0 saturated carbocycles. The summed E-state index contributed by atoms with van der Waals surface area (Å²) in [5.41, 5.74) is 7.21. The lowest BCUT2D eigenvalue weighted by Crippen LogP contribution is -2.42. The molecule has 1 aliphatic heterocycles. The number of nitrogens with zero attached hydrogens (tertiary/aromatic N) is 1. The fraction of sp³-hybridized carbons (Fsp3) is 0.417. The number of aryl methyl sites for hydroxylation is 1. The van der Waals surface area contributed by atoms with E-state index in [1.165, 1.54) is 11.3 Å². The summed E-state index contributed by atoms with van der Waals surface area (Å²) in [6.07, 6.45) is 2.54. The summed E-state index contributed by atoms with van der Waals surface area (Å²) in [7, 11) is 0. The number of benzene rings is 1. The predicted molar refractivity (Wildman–Crippen MR) is 126 cm³/mol. The van der Waals surface area contributed by atoms with Crippen molar-refractivity contribution in [3.05, 3.63) is 51.4 Å². The van der Waals surface area contributed by atoms with Gasteiger partial charge in [0.25, 0.3) is 11.8 Å². The number of urea groups is 1. The molecule has 2 aromatic rings. The number of carbonyl (C=O) groups is 4. The van der Waals surface area contributed by atoms with Crippen molar-refractivity contribution in [1.29, 1.82) is 0 Å². The topological polar surface area (TPSA) is 122 Å². The molecule has 0 bridgehead atoms. The molecule has 33 heavy (non-hydrogen) atoms. The van der Waals surface area contributed by atoms with Crippen LogP contribution in [0.1, 0.15) is 66.0 Å². The van der Waals surface area contributed by atoms with Gasteiger partial charge in [-0.2, -0.15) is 0 Å². The smallest absolute Gasteiger partial charge is 0.325 e. The number of nitrogens with one attached hydrogen (secondary N) is 2. The molecule has 5 amide bonds. The zero-order valence-electron chi connectivity index (χ0n) is 19.2. The maximum absolute atomic E-state index is 13.2. The molecule has 1 fully saturated rings. The molecule has 4 N–H and O–H groups in total. The van der Waals surface area contributed by atoms with Crippen LogP contribution in [0.5, 0.6) is 0 Å². The van der Waals surface area contributed by atoms with Crippen molar-refractivity contribution < 1.29 is 19.2 Å². The molecule has 0 radical (unpaired) electrons. The highest BCUT2D eigenvalue weighted by Gasteiger charge is 2.49. The maximum Gasteiger partial charge on any atom is 0.325 e. The number of hydrogen-bond acceptors (Lipinski definition) is 5. The number of hydrogen-bond donors (Lipinski definition) is 3. The lowest BCUT2D eigenvalue weighted by molar-refractivity contribution is -0.133. The molecule has 174 valence electrons. The Balaban J connectivity index is 1.51. The van der Waals surface area contributed by atoms with Gasteiger partial charge in [-0.15, -0.1) is 11.3 Å². The summed E-state index contributed by atoms with van der Waals surface area (Å²) in [6.45, 7) is 7.46. The minimum Gasteiger partial charge on any atom is -0.365 e. The van der Waals surface area contributed by atoms with E-state index < -0.39 is 35.8 Å². The Bertz CT molecular complexity index is 1160. The molecule has 1 aromatic heterocycles. The molecule has 8 nitrogen and oxygen atoms in total. The van der Waals surface area contributed by atoms with Crippen molar-refractivity contribution in [1.82, 2.24) is 10.2 Å². The van der Waals surface area contributed by atoms with Crippen LogP contribution in [-0.2, 0) is 33.4 Å². The lowest BCUT2D eigenvalue weighted by Gasteiger charge is -2.24. The van der Waals surface area contributed by atoms with Gasteiger partial charge in [-0.1, -0.05) is 45.0 Å². The summed E-state index contributed by atoms with van der Waals surface area (Å²) in [4.78, 5) is 52.4. The number of anilines is 1. The standard InChI is InChI=1S/C24H28N4O4S/c1-23(2,3)13-8-10-14(11-9-13)24(4)21(31)28(22(32)27-24)12-17(29)26-20-18(19(25)30)15-6-5-7-16(15)33-20/h8-11H,5-7,12H2,1-4H3,(H2,25,30)(H,26,29)(H,27,32). The summed E-state index contributed by atoms with van der Waals surface area (Å²) >= 11 is 1.33. The van der Waals surface area contributed by atoms with Gasteiger partial charge < -0.3 is 16.4 Å². The predicted octanol–water partition coefficient (Wildman–Crippen LogP) is 3.04. The third kappa shape index (κ3) is 4.01. The molecule has 4 rings (SSSR count). The SMILES string of the molecule is CC(C)(C)c1ccc(C2(C)NC(=O)N(CC(=O)Nc3sc4c(c3C(N)=O)CCC4)C2=O)cc1. The van der Waals surface area contributed by atoms with Crippen LogP contribution in [-0.4, -0.2) is 35.2 Å². The van der Waals surface area contributed by atoms with Crippen LogP contribution < -0.4 is 16.4 Å². The van der Waals surface area contributed by atoms with Gasteiger partial charge >= 0.3 is 6.03 Å². The quantitative estimate of drug-likeness (QED) is 0.584. The van der Waals surface area contributed by atoms with Gasteiger partial charge in [0, 0.05) is 4.88 Å². The van der Waals surface area contributed by atoms with Crippen LogP contribution in [0.2, 0.25) is 0 Å². The zero-order valence-corrected chi connectivity index (χ0v) is 20.0. The number of thiophene rings is 1. The van der Waals surface area contributed by atoms with Crippen molar-refractivity contribution in [2.45, 2.75) is 57.9 Å². The second-order valence-corrected chi connectivity index (χ2v) is 10.9. The first kappa shape index (κ1) is 23.0. The van der Waals surface area contributed by atoms with Gasteiger partial charge in [0.2, 0.25) is 5.91 Å². The number of fused-ring (bicyclic) bond motifs is 1. The fourth-order valence-corrected chi connectivity index (χ4v) is 5.71. The molecule has 1 aromatic carbocycles. The molecule has 2 aliphatic rings. The molecule has 9 heteroatoms. The summed E-state index contributed by atoms with van der Waals surface area (Å²) in [5, 5.41) is 5.79. The van der Waals surface area contributed by atoms with Crippen molar-refractivity contribution in [2.75, 3.05) is 11.9 Å². The number of primary amides is 1. The van der Waals surface area contributed by atoms with Gasteiger partial charge in [-0.05, 0) is 48.3 Å². The minimum atomic E-state index is -1.27. The monoisotopic (exact) mass is 468 g/mol. The Morgan fingerprint density at radius 2 is 1.85 bits per heavy atom. The zero-order chi connectivity index (χ0) is 24.1. The van der Waals surface area contributed by atoms with Gasteiger partial charge in [-0.3, -0.25) is 19.3 Å². The summed E-state index contributed by atoms with van der Waals surface area (Å²) in [6, 6.07) is 6.90. The van der Waals surface area contributed by atoms with Crippen LogP contribution in [0.15, 0.2) is 24.3 Å². The summed E-state index contributed by atoms with van der Waals surface area (Å²) < 4.78 is 0. The summed E-state index contributed by atoms with van der Waals surface area (Å²) in [5.74, 6) is -1.66. The van der Waals surface area contributed by atoms with E-state index in [1.54, 1.807) is 6.92 Å². The molecule has 1 aliphatic carbocycles. The van der Waals surface area contributed by atoms with E-state index in [9.17, 15) is 19.2 Å². The highest BCUT2D eigenvalue weighted by molar-refractivity contribution is 7.17. The van der Waals surface area contributed by atoms with E-state index >= 15 is 0 Å². The number of carbonyl (C=O) groups excluding carboxylic acids is 4. The van der Waals surface area contributed by atoms with E-state index in [-0.39, 0.29) is 5.41 Å². The first-order valence-electron chi connectivity index (χ1n) is 10.9. The van der Waals surface area contributed by atoms with E-state index in [0.717, 1.165) is 40.2 Å². The third-order valence-corrected chi connectivity index (χ3v) is 7.53. The molecule has 1 saturated heterocycles. The average Bonchev–Trinajstić information content (AvgIpc) is 3.36. The van der Waals surface area contributed by atoms with Crippen LogP contribution in [0.3, 0.4) is 0 Å². The highest BCUT2D eigenvalue weighted by atomic mass is 32.1. The van der Waals surface area contributed by atoms with Crippen LogP contribution in [0, 0.1) is 0 Å². The maximum atomic E-state index is 13.2. The fourth-order valence-electron chi connectivity index (χ4n) is 4.40. The van der Waals surface area contributed by atoms with Gasteiger partial charge in [0.1, 0.15) is 17.1 Å². The van der Waals surface area contributed by atoms with Crippen molar-refractivity contribution >= 4 is 40.1 Å². The third-order valence-electron chi connectivity index (χ3n) is 6.33. The van der Waals surface area contributed by atoms with E-state index in [4.69, 9.17) is 5.73 Å². The number of imide groups is 1. The van der Waals surface area contributed by atoms with Crippen LogP contribution >= 0.6 is 11.3 Å². The average molecular weight is 469 g/mol. The minimum absolute atomic E-state index is 0.0434. The van der Waals surface area contributed by atoms with Crippen LogP contribution in [0.4, 0.5) is 9.80 Å². The van der Waals surface area contributed by atoms with Crippen LogP contribution in [0.25, 0.3) is 0 Å². The highest BCUT2D eigenvalue weighted by Crippen LogP contribution is 2.39. The molecular formula is C24H28N4O4S. The number of rotatable bonds is 5. The van der Waals surface area contributed by atoms with Gasteiger partial charge in [0.15, 0.2) is 0 Å². The Hall–Kier alpha value is -3.20. The van der Waals surface area contributed by atoms with Gasteiger partial charge in [0.05, 0.1) is 5.56 Å². The molecule has 1 unspecified atom stereocenters. The largest absolute Gasteiger partial charge is 0.365 e. The van der Waals surface area contributed by atoms with Crippen molar-refractivity contribution in [3.8, 4) is 0 Å². The van der Waals surface area contributed by atoms with Crippen molar-refractivity contribution in [3.63, 3.8) is 0 Å². The van der Waals surface area contributed by atoms with Gasteiger partial charge in [-0.25, -0.2) is 4.79 Å². The first-order chi connectivity index (χ1) is 15.4. The molecule has 2 heterocycles. The number of amides is 5. The second-order valence-electron chi connectivity index (χ2n) is 9.75. The normalized spacial score (nSPS) is 20.1. The van der Waals surface area contributed by atoms with Crippen molar-refractivity contribution in [2.24, 2.45) is 5.73 Å². The Kier molecular flexibility index (Phi) is 5.56. The lowest BCUT2D eigenvalue weighted by atomic mass is 9.84. The Labute approximate surface area is 196 Å². The van der Waals surface area contributed by atoms with E-state index in [1.807, 2.05) is 24.3 Å². The van der Waals surface area contributed by atoms with E-state index in [0.29, 0.717) is 16.1 Å². The van der Waals surface area contributed by atoms with E-state index in [2.05, 4.69) is 31.4 Å².